The van der Waals surface area contributed by atoms with Crippen molar-refractivity contribution in [2.75, 3.05) is 13.1 Å². The molecule has 0 aliphatic rings. The van der Waals surface area contributed by atoms with Crippen LogP contribution < -0.4 is 10.6 Å². The Balaban J connectivity index is 3.21. The van der Waals surface area contributed by atoms with E-state index in [4.69, 9.17) is 0 Å². The van der Waals surface area contributed by atoms with Gasteiger partial charge in [0.05, 0.1) is 0 Å². The normalized spacial score (nSPS) is 12.1. The van der Waals surface area contributed by atoms with Gasteiger partial charge in [-0.15, -0.1) is 0 Å². The summed E-state index contributed by atoms with van der Waals surface area (Å²) in [5.74, 6) is -3.75. The maximum absolute atomic E-state index is 12.0. The molecule has 0 aliphatic carbocycles. The number of rotatable bonds is 18. The summed E-state index contributed by atoms with van der Waals surface area (Å²) < 4.78 is 71.8. The first-order valence-electron chi connectivity index (χ1n) is 11.2. The van der Waals surface area contributed by atoms with Gasteiger partial charge in [0.1, 0.15) is 0 Å². The number of hydrogen-bond acceptors (Lipinski definition) is 2. The Kier molecular flexibility index (Phi) is 16.3. The van der Waals surface area contributed by atoms with Crippen LogP contribution in [0.2, 0.25) is 0 Å². The van der Waals surface area contributed by atoms with Crippen molar-refractivity contribution in [1.29, 1.82) is 0 Å². The average Bonchev–Trinajstić information content (AvgIpc) is 2.67. The Hall–Kier alpha value is -1.48. The number of hydrogen-bond donors (Lipinski definition) is 2. The van der Waals surface area contributed by atoms with Crippen molar-refractivity contribution in [3.05, 3.63) is 0 Å². The highest BCUT2D eigenvalue weighted by molar-refractivity contribution is 5.81. The van der Waals surface area contributed by atoms with Gasteiger partial charge in [-0.05, 0) is 12.8 Å². The van der Waals surface area contributed by atoms with Gasteiger partial charge in [0.25, 0.3) is 0 Å². The van der Waals surface area contributed by atoms with Gasteiger partial charge in [-0.25, -0.2) is 0 Å². The molecule has 0 aromatic carbocycles. The van der Waals surface area contributed by atoms with Crippen LogP contribution in [-0.2, 0) is 9.59 Å². The van der Waals surface area contributed by atoms with Crippen molar-refractivity contribution in [2.24, 2.45) is 0 Å². The third-order valence-corrected chi connectivity index (χ3v) is 4.94. The van der Waals surface area contributed by atoms with E-state index in [1.807, 2.05) is 10.6 Å². The number of nitrogens with one attached hydrogen (secondary N) is 2. The van der Waals surface area contributed by atoms with Crippen LogP contribution >= 0.6 is 0 Å². The van der Waals surface area contributed by atoms with Crippen molar-refractivity contribution in [3.63, 3.8) is 0 Å². The lowest BCUT2D eigenvalue weighted by Crippen LogP contribution is -2.37. The maximum Gasteiger partial charge on any atom is 0.471 e. The minimum atomic E-state index is -4.80. The zero-order valence-electron chi connectivity index (χ0n) is 18.1. The summed E-state index contributed by atoms with van der Waals surface area (Å²) >= 11 is 0. The van der Waals surface area contributed by atoms with E-state index < -0.39 is 24.2 Å². The SMILES string of the molecule is O=C(NCCCCCCCCCCCCCCCCCNC(=O)C(F)(F)F)C(F)(F)F. The fourth-order valence-electron chi connectivity index (χ4n) is 3.15. The van der Waals surface area contributed by atoms with Crippen molar-refractivity contribution < 1.29 is 35.9 Å². The second-order valence-electron chi connectivity index (χ2n) is 7.81. The molecule has 0 saturated carbocycles. The number of unbranched alkanes of at least 4 members (excludes halogenated alkanes) is 14. The van der Waals surface area contributed by atoms with Crippen LogP contribution in [0.5, 0.6) is 0 Å². The summed E-state index contributed by atoms with van der Waals surface area (Å²) in [4.78, 5) is 21.2. The number of carbonyl (C=O) groups excluding carboxylic acids is 2. The number of alkyl halides is 6. The molecule has 0 radical (unpaired) electrons. The molecule has 0 aromatic heterocycles. The Labute approximate surface area is 180 Å². The summed E-state index contributed by atoms with van der Waals surface area (Å²) in [7, 11) is 0. The van der Waals surface area contributed by atoms with Gasteiger partial charge in [-0.3, -0.25) is 9.59 Å². The number of amides is 2. The lowest BCUT2D eigenvalue weighted by atomic mass is 10.0. The highest BCUT2D eigenvalue weighted by Crippen LogP contribution is 2.16. The molecule has 0 atom stereocenters. The first kappa shape index (κ1) is 29.5. The Morgan fingerprint density at radius 3 is 0.806 bits per heavy atom. The highest BCUT2D eigenvalue weighted by Gasteiger charge is 2.38. The van der Waals surface area contributed by atoms with Crippen LogP contribution in [-0.4, -0.2) is 37.3 Å². The van der Waals surface area contributed by atoms with Gasteiger partial charge in [-0.1, -0.05) is 83.5 Å². The molecule has 184 valence electrons. The van der Waals surface area contributed by atoms with E-state index in [-0.39, 0.29) is 13.1 Å². The first-order valence-corrected chi connectivity index (χ1v) is 11.2. The lowest BCUT2D eigenvalue weighted by Gasteiger charge is -2.07. The van der Waals surface area contributed by atoms with Crippen LogP contribution in [0, 0.1) is 0 Å². The molecule has 0 unspecified atom stereocenters. The van der Waals surface area contributed by atoms with Crippen molar-refractivity contribution in [1.82, 2.24) is 10.6 Å². The van der Waals surface area contributed by atoms with Gasteiger partial charge in [-0.2, -0.15) is 26.3 Å². The van der Waals surface area contributed by atoms with E-state index in [1.54, 1.807) is 0 Å². The Morgan fingerprint density at radius 2 is 0.613 bits per heavy atom. The summed E-state index contributed by atoms with van der Waals surface area (Å²) in [5.41, 5.74) is 0. The van der Waals surface area contributed by atoms with E-state index in [0.29, 0.717) is 12.8 Å². The molecule has 0 aromatic rings. The van der Waals surface area contributed by atoms with Crippen LogP contribution in [0.15, 0.2) is 0 Å². The molecular formula is C21H36F6N2O2. The predicted molar refractivity (Wildman–Crippen MR) is 107 cm³/mol. The highest BCUT2D eigenvalue weighted by atomic mass is 19.4. The van der Waals surface area contributed by atoms with Crippen LogP contribution in [0.4, 0.5) is 26.3 Å². The Morgan fingerprint density at radius 1 is 0.419 bits per heavy atom. The minimum absolute atomic E-state index is 0.0625. The fraction of sp³-hybridized carbons (Fsp3) is 0.905. The Bertz CT molecular complexity index is 439. The first-order chi connectivity index (χ1) is 14.5. The molecular weight excluding hydrogens is 426 g/mol. The second-order valence-corrected chi connectivity index (χ2v) is 7.81. The molecule has 2 amide bonds. The van der Waals surface area contributed by atoms with Crippen molar-refractivity contribution >= 4 is 11.8 Å². The monoisotopic (exact) mass is 462 g/mol. The van der Waals surface area contributed by atoms with E-state index in [0.717, 1.165) is 64.2 Å². The van der Waals surface area contributed by atoms with Gasteiger partial charge in [0.15, 0.2) is 0 Å². The third kappa shape index (κ3) is 19.0. The second kappa shape index (κ2) is 17.1. The smallest absolute Gasteiger partial charge is 0.348 e. The number of carbonyl (C=O) groups is 2. The van der Waals surface area contributed by atoms with Gasteiger partial charge in [0.2, 0.25) is 0 Å². The fourth-order valence-corrected chi connectivity index (χ4v) is 3.15. The zero-order chi connectivity index (χ0) is 23.6. The minimum Gasteiger partial charge on any atom is -0.348 e. The lowest BCUT2D eigenvalue weighted by molar-refractivity contribution is -0.173. The van der Waals surface area contributed by atoms with E-state index in [9.17, 15) is 35.9 Å². The average molecular weight is 463 g/mol. The molecule has 4 nitrogen and oxygen atoms in total. The molecule has 0 rings (SSSR count). The molecule has 0 fully saturated rings. The quantitative estimate of drug-likeness (QED) is 0.188. The molecule has 10 heteroatoms. The van der Waals surface area contributed by atoms with Crippen molar-refractivity contribution in [3.8, 4) is 0 Å². The predicted octanol–water partition coefficient (Wildman–Crippen LogP) is 6.19. The maximum atomic E-state index is 12.0. The standard InChI is InChI=1S/C21H36F6N2O2/c22-20(23,24)18(30)28-16-14-12-10-8-6-4-2-1-3-5-7-9-11-13-15-17-29-19(31)21(25,26)27/h1-17H2,(H,28,30)(H,29,31). The molecule has 31 heavy (non-hydrogen) atoms. The van der Waals surface area contributed by atoms with Gasteiger partial charge >= 0.3 is 24.2 Å². The van der Waals surface area contributed by atoms with Crippen LogP contribution in [0.1, 0.15) is 96.3 Å². The molecule has 0 heterocycles. The zero-order valence-corrected chi connectivity index (χ0v) is 18.1. The summed E-state index contributed by atoms with van der Waals surface area (Å²) in [5, 5.41) is 3.73. The summed E-state index contributed by atoms with van der Waals surface area (Å²) in [6, 6.07) is 0. The molecule has 0 aliphatic heterocycles. The molecule has 0 spiro atoms. The molecule has 0 bridgehead atoms. The topological polar surface area (TPSA) is 58.2 Å². The van der Waals surface area contributed by atoms with E-state index in [1.165, 1.54) is 19.3 Å². The van der Waals surface area contributed by atoms with Crippen molar-refractivity contribution in [2.45, 2.75) is 109 Å². The molecule has 0 saturated heterocycles. The van der Waals surface area contributed by atoms with Crippen LogP contribution in [0.25, 0.3) is 0 Å². The van der Waals surface area contributed by atoms with E-state index >= 15 is 0 Å². The third-order valence-electron chi connectivity index (χ3n) is 4.94. The number of halogens is 6. The largest absolute Gasteiger partial charge is 0.471 e. The van der Waals surface area contributed by atoms with Gasteiger partial charge in [0, 0.05) is 13.1 Å². The van der Waals surface area contributed by atoms with Gasteiger partial charge < -0.3 is 10.6 Å². The molecule has 2 N–H and O–H groups in total. The summed E-state index contributed by atoms with van der Waals surface area (Å²) in [6.07, 6.45) is 5.19. The summed E-state index contributed by atoms with van der Waals surface area (Å²) in [6.45, 7) is 0.125. The van der Waals surface area contributed by atoms with E-state index in [2.05, 4.69) is 0 Å². The van der Waals surface area contributed by atoms with Crippen LogP contribution in [0.3, 0.4) is 0 Å².